The van der Waals surface area contributed by atoms with Crippen LogP contribution >= 0.6 is 0 Å². The molecule has 2 heterocycles. The Kier molecular flexibility index (Phi) is 2.39. The molecular formula is C15H21NO2. The van der Waals surface area contributed by atoms with Gasteiger partial charge in [0.15, 0.2) is 0 Å². The Balaban J connectivity index is 2.22. The SMILES string of the molecule is CC1Cc2c(cc3c(c2C(C)(C)N)OC(C)C3)O1. The van der Waals surface area contributed by atoms with Crippen LogP contribution in [-0.4, -0.2) is 12.2 Å². The first kappa shape index (κ1) is 11.8. The summed E-state index contributed by atoms with van der Waals surface area (Å²) in [7, 11) is 0. The van der Waals surface area contributed by atoms with Gasteiger partial charge < -0.3 is 15.2 Å². The standard InChI is InChI=1S/C15H21NO2/c1-8-5-10-7-12-11(6-9(2)17-12)13(14(10)18-8)15(3,4)16/h7-9H,5-6,16H2,1-4H3. The van der Waals surface area contributed by atoms with E-state index in [4.69, 9.17) is 15.2 Å². The van der Waals surface area contributed by atoms with Gasteiger partial charge in [-0.3, -0.25) is 0 Å². The van der Waals surface area contributed by atoms with E-state index in [2.05, 4.69) is 19.9 Å². The molecule has 3 rings (SSSR count). The van der Waals surface area contributed by atoms with E-state index in [1.165, 1.54) is 11.1 Å². The van der Waals surface area contributed by atoms with Crippen LogP contribution < -0.4 is 15.2 Å². The molecular weight excluding hydrogens is 226 g/mol. The molecule has 1 aromatic rings. The van der Waals surface area contributed by atoms with Gasteiger partial charge in [-0.05, 0) is 33.8 Å². The van der Waals surface area contributed by atoms with Crippen molar-refractivity contribution in [2.75, 3.05) is 0 Å². The largest absolute Gasteiger partial charge is 0.490 e. The molecule has 18 heavy (non-hydrogen) atoms. The molecule has 1 aromatic carbocycles. The Labute approximate surface area is 108 Å². The van der Waals surface area contributed by atoms with Gasteiger partial charge in [0.2, 0.25) is 0 Å². The Morgan fingerprint density at radius 1 is 1.17 bits per heavy atom. The maximum Gasteiger partial charge on any atom is 0.128 e. The highest BCUT2D eigenvalue weighted by atomic mass is 16.5. The minimum atomic E-state index is -0.396. The molecule has 2 unspecified atom stereocenters. The molecule has 0 amide bonds. The van der Waals surface area contributed by atoms with E-state index in [0.717, 1.165) is 29.9 Å². The van der Waals surface area contributed by atoms with E-state index in [1.54, 1.807) is 0 Å². The van der Waals surface area contributed by atoms with Gasteiger partial charge in [0.05, 0.1) is 0 Å². The van der Waals surface area contributed by atoms with Crippen LogP contribution in [0.5, 0.6) is 11.5 Å². The fourth-order valence-electron chi connectivity index (χ4n) is 3.11. The molecule has 3 heteroatoms. The third-order valence-electron chi connectivity index (χ3n) is 3.71. The number of fused-ring (bicyclic) bond motifs is 2. The zero-order valence-electron chi connectivity index (χ0n) is 11.5. The second-order valence-electron chi connectivity index (χ2n) is 6.20. The average molecular weight is 247 g/mol. The summed E-state index contributed by atoms with van der Waals surface area (Å²) in [6.07, 6.45) is 2.35. The van der Waals surface area contributed by atoms with Crippen LogP contribution in [0.3, 0.4) is 0 Å². The Morgan fingerprint density at radius 3 is 2.50 bits per heavy atom. The second-order valence-corrected chi connectivity index (χ2v) is 6.20. The quantitative estimate of drug-likeness (QED) is 0.829. The molecule has 0 saturated heterocycles. The maximum absolute atomic E-state index is 6.36. The van der Waals surface area contributed by atoms with E-state index < -0.39 is 5.54 Å². The van der Waals surface area contributed by atoms with Gasteiger partial charge in [0.25, 0.3) is 0 Å². The molecule has 2 atom stereocenters. The van der Waals surface area contributed by atoms with Crippen LogP contribution in [-0.2, 0) is 18.4 Å². The molecule has 0 saturated carbocycles. The number of nitrogens with two attached hydrogens (primary N) is 1. The summed E-state index contributed by atoms with van der Waals surface area (Å²) < 4.78 is 11.9. The van der Waals surface area contributed by atoms with Gasteiger partial charge in [0, 0.05) is 35.1 Å². The van der Waals surface area contributed by atoms with Crippen molar-refractivity contribution in [3.8, 4) is 11.5 Å². The van der Waals surface area contributed by atoms with E-state index >= 15 is 0 Å². The lowest BCUT2D eigenvalue weighted by atomic mass is 9.86. The highest BCUT2D eigenvalue weighted by molar-refractivity contribution is 5.59. The number of hydrogen-bond acceptors (Lipinski definition) is 3. The first-order chi connectivity index (χ1) is 8.36. The highest BCUT2D eigenvalue weighted by Crippen LogP contribution is 2.46. The van der Waals surface area contributed by atoms with Gasteiger partial charge in [-0.15, -0.1) is 0 Å². The van der Waals surface area contributed by atoms with Crippen molar-refractivity contribution in [2.45, 2.75) is 58.3 Å². The first-order valence-electron chi connectivity index (χ1n) is 6.67. The molecule has 0 spiro atoms. The van der Waals surface area contributed by atoms with Crippen molar-refractivity contribution < 1.29 is 9.47 Å². The van der Waals surface area contributed by atoms with Crippen LogP contribution in [0.1, 0.15) is 44.4 Å². The van der Waals surface area contributed by atoms with Gasteiger partial charge >= 0.3 is 0 Å². The summed E-state index contributed by atoms with van der Waals surface area (Å²) in [6, 6.07) is 2.15. The lowest BCUT2D eigenvalue weighted by molar-refractivity contribution is 0.248. The average Bonchev–Trinajstić information content (AvgIpc) is 2.71. The number of ether oxygens (including phenoxy) is 2. The smallest absolute Gasteiger partial charge is 0.128 e. The van der Waals surface area contributed by atoms with E-state index in [-0.39, 0.29) is 12.2 Å². The molecule has 0 radical (unpaired) electrons. The van der Waals surface area contributed by atoms with Crippen molar-refractivity contribution in [1.29, 1.82) is 0 Å². The number of benzene rings is 1. The first-order valence-corrected chi connectivity index (χ1v) is 6.67. The van der Waals surface area contributed by atoms with Crippen LogP contribution in [0, 0.1) is 0 Å². The van der Waals surface area contributed by atoms with E-state index in [0.29, 0.717) is 0 Å². The summed E-state index contributed by atoms with van der Waals surface area (Å²) in [5, 5.41) is 0. The molecule has 0 aromatic heterocycles. The minimum absolute atomic E-state index is 0.237. The predicted octanol–water partition coefficient (Wildman–Crippen LogP) is 2.53. The maximum atomic E-state index is 6.36. The van der Waals surface area contributed by atoms with Gasteiger partial charge in [-0.25, -0.2) is 0 Å². The fraction of sp³-hybridized carbons (Fsp3) is 0.600. The number of rotatable bonds is 1. The zero-order chi connectivity index (χ0) is 13.1. The van der Waals surface area contributed by atoms with Crippen LogP contribution in [0.15, 0.2) is 6.07 Å². The minimum Gasteiger partial charge on any atom is -0.490 e. The van der Waals surface area contributed by atoms with Crippen LogP contribution in [0.25, 0.3) is 0 Å². The molecule has 98 valence electrons. The molecule has 0 bridgehead atoms. The predicted molar refractivity (Wildman–Crippen MR) is 71.2 cm³/mol. The van der Waals surface area contributed by atoms with E-state index in [1.807, 2.05) is 13.8 Å². The van der Waals surface area contributed by atoms with Gasteiger partial charge in [-0.1, -0.05) is 0 Å². The topological polar surface area (TPSA) is 44.5 Å². The van der Waals surface area contributed by atoms with Crippen LogP contribution in [0.2, 0.25) is 0 Å². The van der Waals surface area contributed by atoms with Crippen molar-refractivity contribution in [1.82, 2.24) is 0 Å². The summed E-state index contributed by atoms with van der Waals surface area (Å²) in [5.74, 6) is 2.01. The Hall–Kier alpha value is -1.22. The molecule has 0 fully saturated rings. The van der Waals surface area contributed by atoms with Crippen molar-refractivity contribution in [3.63, 3.8) is 0 Å². The summed E-state index contributed by atoms with van der Waals surface area (Å²) in [6.45, 7) is 8.28. The second kappa shape index (κ2) is 3.64. The lowest BCUT2D eigenvalue weighted by Crippen LogP contribution is -2.30. The number of hydrogen-bond donors (Lipinski definition) is 1. The fourth-order valence-corrected chi connectivity index (χ4v) is 3.11. The van der Waals surface area contributed by atoms with Crippen LogP contribution in [0.4, 0.5) is 0 Å². The highest BCUT2D eigenvalue weighted by Gasteiger charge is 2.36. The van der Waals surface area contributed by atoms with Gasteiger partial charge in [-0.2, -0.15) is 0 Å². The Morgan fingerprint density at radius 2 is 1.83 bits per heavy atom. The third-order valence-corrected chi connectivity index (χ3v) is 3.71. The molecule has 0 aliphatic carbocycles. The van der Waals surface area contributed by atoms with Crippen molar-refractivity contribution >= 4 is 0 Å². The van der Waals surface area contributed by atoms with Crippen molar-refractivity contribution in [3.05, 3.63) is 22.8 Å². The molecule has 3 nitrogen and oxygen atoms in total. The molecule has 2 aliphatic rings. The molecule has 2 N–H and O–H groups in total. The summed E-state index contributed by atoms with van der Waals surface area (Å²) in [5.41, 5.74) is 9.58. The summed E-state index contributed by atoms with van der Waals surface area (Å²) >= 11 is 0. The lowest BCUT2D eigenvalue weighted by Gasteiger charge is -2.25. The normalized spacial score (nSPS) is 25.4. The van der Waals surface area contributed by atoms with E-state index in [9.17, 15) is 0 Å². The monoisotopic (exact) mass is 247 g/mol. The zero-order valence-corrected chi connectivity index (χ0v) is 11.5. The molecule has 2 aliphatic heterocycles. The third kappa shape index (κ3) is 1.69. The Bertz CT molecular complexity index is 466. The van der Waals surface area contributed by atoms with Gasteiger partial charge in [0.1, 0.15) is 23.7 Å². The van der Waals surface area contributed by atoms with Crippen molar-refractivity contribution in [2.24, 2.45) is 5.73 Å². The summed E-state index contributed by atoms with van der Waals surface area (Å²) in [4.78, 5) is 0.